The van der Waals surface area contributed by atoms with E-state index in [0.717, 1.165) is 12.8 Å². The summed E-state index contributed by atoms with van der Waals surface area (Å²) in [7, 11) is 0. The van der Waals surface area contributed by atoms with Crippen molar-refractivity contribution in [1.29, 1.82) is 0 Å². The van der Waals surface area contributed by atoms with Crippen LogP contribution in [0.1, 0.15) is 54.4 Å². The summed E-state index contributed by atoms with van der Waals surface area (Å²) in [6.45, 7) is 11.8. The van der Waals surface area contributed by atoms with Crippen molar-refractivity contribution in [2.75, 3.05) is 19.8 Å². The summed E-state index contributed by atoms with van der Waals surface area (Å²) < 4.78 is 5.76. The quantitative estimate of drug-likeness (QED) is 0.651. The van der Waals surface area contributed by atoms with Gasteiger partial charge in [0.1, 0.15) is 6.10 Å². The van der Waals surface area contributed by atoms with Gasteiger partial charge in [0, 0.05) is 11.1 Å². The molecule has 1 rings (SSSR count). The van der Waals surface area contributed by atoms with E-state index in [1.54, 1.807) is 13.8 Å². The first-order valence-corrected chi connectivity index (χ1v) is 7.93. The van der Waals surface area contributed by atoms with Gasteiger partial charge in [-0.1, -0.05) is 0 Å². The van der Waals surface area contributed by atoms with E-state index in [-0.39, 0.29) is 37.0 Å². The molecule has 1 unspecified atom stereocenters. The number of hydrogen-bond acceptors (Lipinski definition) is 6. The van der Waals surface area contributed by atoms with Crippen LogP contribution in [0.25, 0.3) is 0 Å². The maximum absolute atomic E-state index is 9.89. The van der Waals surface area contributed by atoms with Gasteiger partial charge in [-0.05, 0) is 54.4 Å². The fourth-order valence-corrected chi connectivity index (χ4v) is 3.16. The molecule has 132 valence electrons. The molecule has 6 nitrogen and oxygen atoms in total. The number of piperidine rings is 1. The monoisotopic (exact) mass is 319 g/mol. The van der Waals surface area contributed by atoms with E-state index in [2.05, 4.69) is 27.7 Å². The molecule has 0 aromatic heterocycles. The maximum atomic E-state index is 9.89. The summed E-state index contributed by atoms with van der Waals surface area (Å²) in [5, 5.41) is 30.2. The molecule has 0 spiro atoms. The van der Waals surface area contributed by atoms with E-state index in [9.17, 15) is 10.2 Å². The van der Waals surface area contributed by atoms with Crippen LogP contribution in [0.5, 0.6) is 0 Å². The summed E-state index contributed by atoms with van der Waals surface area (Å²) in [5.74, 6) is 0. The molecule has 1 saturated heterocycles. The molecular formula is C16H33NO5. The Morgan fingerprint density at radius 2 is 1.68 bits per heavy atom. The highest BCUT2D eigenvalue weighted by Crippen LogP contribution is 2.40. The Hall–Kier alpha value is -0.240. The number of hydroxylamine groups is 2. The summed E-state index contributed by atoms with van der Waals surface area (Å²) >= 11 is 0. The minimum absolute atomic E-state index is 0.00631. The first-order valence-electron chi connectivity index (χ1n) is 7.93. The Balaban J connectivity index is 2.71. The van der Waals surface area contributed by atoms with Crippen LogP contribution < -0.4 is 0 Å². The molecule has 0 aliphatic carbocycles. The fraction of sp³-hybridized carbons (Fsp3) is 1.00. The predicted molar refractivity (Wildman–Crippen MR) is 84.3 cm³/mol. The first kappa shape index (κ1) is 19.8. The average Bonchev–Trinajstić information content (AvgIpc) is 2.31. The zero-order valence-corrected chi connectivity index (χ0v) is 14.8. The standard InChI is InChI=1S/C16H33NO5/c1-14(2)7-13(21-10-12(19)9-18)8-15(3,4)17(14)22-11-16(5,6)20/h12-13,18-20H,7-11H2,1-6H3. The van der Waals surface area contributed by atoms with Gasteiger partial charge < -0.3 is 20.1 Å². The van der Waals surface area contributed by atoms with E-state index >= 15 is 0 Å². The third kappa shape index (κ3) is 5.76. The SMILES string of the molecule is CC(C)(O)CON1C(C)(C)CC(OCC(O)CO)CC1(C)C. The zero-order valence-electron chi connectivity index (χ0n) is 14.8. The summed E-state index contributed by atoms with van der Waals surface area (Å²) in [6, 6.07) is 0. The molecule has 0 aromatic rings. The van der Waals surface area contributed by atoms with Crippen molar-refractivity contribution in [2.45, 2.75) is 83.3 Å². The lowest BCUT2D eigenvalue weighted by Gasteiger charge is -2.54. The van der Waals surface area contributed by atoms with Gasteiger partial charge >= 0.3 is 0 Å². The molecule has 1 heterocycles. The van der Waals surface area contributed by atoms with Crippen molar-refractivity contribution in [1.82, 2.24) is 5.06 Å². The zero-order chi connectivity index (χ0) is 17.2. The molecule has 3 N–H and O–H groups in total. The third-order valence-corrected chi connectivity index (χ3v) is 3.84. The van der Waals surface area contributed by atoms with Gasteiger partial charge in [0.05, 0.1) is 31.5 Å². The van der Waals surface area contributed by atoms with Crippen LogP contribution >= 0.6 is 0 Å². The number of rotatable bonds is 7. The molecule has 1 atom stereocenters. The van der Waals surface area contributed by atoms with E-state index in [1.165, 1.54) is 0 Å². The van der Waals surface area contributed by atoms with Gasteiger partial charge in [0.25, 0.3) is 0 Å². The molecule has 22 heavy (non-hydrogen) atoms. The molecule has 0 bridgehead atoms. The second-order valence-electron chi connectivity index (χ2n) is 8.21. The van der Waals surface area contributed by atoms with Crippen molar-refractivity contribution in [3.8, 4) is 0 Å². The van der Waals surface area contributed by atoms with Gasteiger partial charge in [-0.25, -0.2) is 0 Å². The highest BCUT2D eigenvalue weighted by atomic mass is 16.7. The first-order chi connectivity index (χ1) is 9.87. The molecule has 1 aliphatic rings. The lowest BCUT2D eigenvalue weighted by atomic mass is 9.80. The van der Waals surface area contributed by atoms with Crippen molar-refractivity contribution < 1.29 is 24.9 Å². The van der Waals surface area contributed by atoms with Gasteiger partial charge in [-0.3, -0.25) is 4.84 Å². The Morgan fingerprint density at radius 3 is 2.09 bits per heavy atom. The minimum Gasteiger partial charge on any atom is -0.394 e. The Kier molecular flexibility index (Phi) is 6.40. The van der Waals surface area contributed by atoms with Crippen LogP contribution in [0.4, 0.5) is 0 Å². The molecule has 0 radical (unpaired) electrons. The molecule has 0 amide bonds. The number of aliphatic hydroxyl groups is 3. The number of hydrogen-bond donors (Lipinski definition) is 3. The third-order valence-electron chi connectivity index (χ3n) is 3.84. The van der Waals surface area contributed by atoms with E-state index in [4.69, 9.17) is 14.7 Å². The van der Waals surface area contributed by atoms with Crippen LogP contribution in [0.3, 0.4) is 0 Å². The van der Waals surface area contributed by atoms with Gasteiger partial charge in [0.2, 0.25) is 0 Å². The minimum atomic E-state index is -0.884. The topological polar surface area (TPSA) is 82.4 Å². The summed E-state index contributed by atoms with van der Waals surface area (Å²) in [5.41, 5.74) is -1.41. The smallest absolute Gasteiger partial charge is 0.100 e. The van der Waals surface area contributed by atoms with Crippen molar-refractivity contribution in [3.63, 3.8) is 0 Å². The van der Waals surface area contributed by atoms with Crippen molar-refractivity contribution in [2.24, 2.45) is 0 Å². The van der Waals surface area contributed by atoms with Crippen LogP contribution in [-0.2, 0) is 9.57 Å². The van der Waals surface area contributed by atoms with E-state index in [0.29, 0.717) is 0 Å². The average molecular weight is 319 g/mol. The largest absolute Gasteiger partial charge is 0.394 e. The Bertz CT molecular complexity index is 333. The lowest BCUT2D eigenvalue weighted by molar-refractivity contribution is -0.309. The van der Waals surface area contributed by atoms with E-state index in [1.807, 2.05) is 5.06 Å². The Morgan fingerprint density at radius 1 is 1.18 bits per heavy atom. The number of aliphatic hydroxyl groups excluding tert-OH is 2. The van der Waals surface area contributed by atoms with E-state index < -0.39 is 11.7 Å². The Labute approximate surface area is 134 Å². The van der Waals surface area contributed by atoms with Crippen LogP contribution in [0, 0.1) is 0 Å². The van der Waals surface area contributed by atoms with Crippen LogP contribution in [0.2, 0.25) is 0 Å². The van der Waals surface area contributed by atoms with Crippen molar-refractivity contribution in [3.05, 3.63) is 0 Å². The molecule has 0 saturated carbocycles. The molecular weight excluding hydrogens is 286 g/mol. The second kappa shape index (κ2) is 7.11. The normalized spacial score (nSPS) is 24.4. The maximum Gasteiger partial charge on any atom is 0.100 e. The fourth-order valence-electron chi connectivity index (χ4n) is 3.16. The lowest BCUT2D eigenvalue weighted by Crippen LogP contribution is -2.62. The molecule has 6 heteroatoms. The van der Waals surface area contributed by atoms with Gasteiger partial charge in [-0.2, -0.15) is 5.06 Å². The molecule has 1 fully saturated rings. The van der Waals surface area contributed by atoms with Crippen LogP contribution in [0.15, 0.2) is 0 Å². The summed E-state index contributed by atoms with van der Waals surface area (Å²) in [4.78, 5) is 5.91. The second-order valence-corrected chi connectivity index (χ2v) is 8.21. The summed E-state index contributed by atoms with van der Waals surface area (Å²) in [6.07, 6.45) is 0.657. The van der Waals surface area contributed by atoms with Crippen molar-refractivity contribution >= 4 is 0 Å². The van der Waals surface area contributed by atoms with Gasteiger partial charge in [-0.15, -0.1) is 0 Å². The molecule has 0 aromatic carbocycles. The number of nitrogens with zero attached hydrogens (tertiary/aromatic N) is 1. The highest BCUT2D eigenvalue weighted by Gasteiger charge is 2.47. The van der Waals surface area contributed by atoms with Crippen LogP contribution in [-0.4, -0.2) is 69.1 Å². The highest BCUT2D eigenvalue weighted by molar-refractivity contribution is 4.97. The predicted octanol–water partition coefficient (Wildman–Crippen LogP) is 1.08. The van der Waals surface area contributed by atoms with Gasteiger partial charge in [0.15, 0.2) is 0 Å². The number of ether oxygens (including phenoxy) is 1. The molecule has 1 aliphatic heterocycles.